The van der Waals surface area contributed by atoms with Crippen LogP contribution in [0.25, 0.3) is 0 Å². The molecule has 0 saturated heterocycles. The molecule has 1 saturated carbocycles. The summed E-state index contributed by atoms with van der Waals surface area (Å²) in [5.41, 5.74) is 5.71. The first-order valence-corrected chi connectivity index (χ1v) is 6.45. The van der Waals surface area contributed by atoms with Gasteiger partial charge in [0.15, 0.2) is 0 Å². The van der Waals surface area contributed by atoms with Crippen molar-refractivity contribution in [1.82, 2.24) is 4.90 Å². The van der Waals surface area contributed by atoms with E-state index >= 15 is 0 Å². The van der Waals surface area contributed by atoms with Crippen LogP contribution >= 0.6 is 0 Å². The molecular weight excluding hydrogens is 220 g/mol. The van der Waals surface area contributed by atoms with Crippen LogP contribution in [0.2, 0.25) is 0 Å². The van der Waals surface area contributed by atoms with Gasteiger partial charge in [-0.15, -0.1) is 0 Å². The van der Waals surface area contributed by atoms with Gasteiger partial charge in [-0.3, -0.25) is 4.79 Å². The van der Waals surface area contributed by atoms with Crippen LogP contribution in [0.15, 0.2) is 0 Å². The molecule has 0 aliphatic heterocycles. The number of hydrogen-bond acceptors (Lipinski definition) is 4. The molecule has 0 aromatic heterocycles. The van der Waals surface area contributed by atoms with Gasteiger partial charge in [-0.1, -0.05) is 12.8 Å². The fourth-order valence-corrected chi connectivity index (χ4v) is 2.62. The molecule has 4 N–H and O–H groups in total. The van der Waals surface area contributed by atoms with E-state index in [0.717, 1.165) is 25.7 Å². The van der Waals surface area contributed by atoms with Crippen molar-refractivity contribution in [2.45, 2.75) is 25.7 Å². The molecule has 1 fully saturated rings. The van der Waals surface area contributed by atoms with E-state index in [-0.39, 0.29) is 31.0 Å². The third kappa shape index (κ3) is 3.94. The first-order chi connectivity index (χ1) is 8.24. The summed E-state index contributed by atoms with van der Waals surface area (Å²) in [6.45, 7) is 1.01. The molecule has 0 aromatic rings. The summed E-state index contributed by atoms with van der Waals surface area (Å²) in [6, 6.07) is 0. The smallest absolute Gasteiger partial charge is 0.226 e. The molecule has 100 valence electrons. The number of carbonyl (C=O) groups excluding carboxylic acids is 1. The molecule has 1 aliphatic rings. The van der Waals surface area contributed by atoms with Crippen molar-refractivity contribution in [3.63, 3.8) is 0 Å². The third-order valence-electron chi connectivity index (χ3n) is 3.58. The Morgan fingerprint density at radius 2 is 1.76 bits per heavy atom. The van der Waals surface area contributed by atoms with E-state index in [4.69, 9.17) is 15.9 Å². The minimum absolute atomic E-state index is 0.0214. The molecule has 2 unspecified atom stereocenters. The molecular formula is C12H24N2O3. The number of aliphatic hydroxyl groups excluding tert-OH is 2. The number of carbonyl (C=O) groups is 1. The van der Waals surface area contributed by atoms with Crippen LogP contribution in [0.3, 0.4) is 0 Å². The quantitative estimate of drug-likeness (QED) is 0.591. The number of rotatable bonds is 6. The Morgan fingerprint density at radius 3 is 2.29 bits per heavy atom. The van der Waals surface area contributed by atoms with E-state index in [1.54, 1.807) is 4.90 Å². The molecule has 0 aromatic carbocycles. The lowest BCUT2D eigenvalue weighted by Crippen LogP contribution is -2.44. The summed E-state index contributed by atoms with van der Waals surface area (Å²) < 4.78 is 0. The van der Waals surface area contributed by atoms with E-state index < -0.39 is 0 Å². The van der Waals surface area contributed by atoms with Crippen LogP contribution in [0.5, 0.6) is 0 Å². The molecule has 1 amide bonds. The Kier molecular flexibility index (Phi) is 6.47. The lowest BCUT2D eigenvalue weighted by molar-refractivity contribution is -0.139. The summed E-state index contributed by atoms with van der Waals surface area (Å²) in [6.07, 6.45) is 4.11. The fourth-order valence-electron chi connectivity index (χ4n) is 2.62. The Labute approximate surface area is 103 Å². The summed E-state index contributed by atoms with van der Waals surface area (Å²) in [4.78, 5) is 13.8. The summed E-state index contributed by atoms with van der Waals surface area (Å²) in [5.74, 6) is 0.284. The van der Waals surface area contributed by atoms with E-state index in [9.17, 15) is 4.79 Å². The monoisotopic (exact) mass is 244 g/mol. The van der Waals surface area contributed by atoms with Gasteiger partial charge in [0.05, 0.1) is 13.2 Å². The maximum atomic E-state index is 12.3. The lowest BCUT2D eigenvalue weighted by atomic mass is 9.78. The fraction of sp³-hybridized carbons (Fsp3) is 0.917. The van der Waals surface area contributed by atoms with Crippen LogP contribution in [-0.2, 0) is 4.79 Å². The molecule has 5 heteroatoms. The normalized spacial score (nSPS) is 24.6. The first kappa shape index (κ1) is 14.4. The van der Waals surface area contributed by atoms with Crippen LogP contribution < -0.4 is 5.73 Å². The average molecular weight is 244 g/mol. The SMILES string of the molecule is NCC1CCCCC1C(=O)N(CCO)CCO. The van der Waals surface area contributed by atoms with Gasteiger partial charge in [0.2, 0.25) is 5.91 Å². The largest absolute Gasteiger partial charge is 0.395 e. The van der Waals surface area contributed by atoms with Crippen LogP contribution in [0, 0.1) is 11.8 Å². The second-order valence-corrected chi connectivity index (χ2v) is 4.66. The van der Waals surface area contributed by atoms with Crippen molar-refractivity contribution in [3.05, 3.63) is 0 Å². The number of nitrogens with zero attached hydrogens (tertiary/aromatic N) is 1. The molecule has 0 bridgehead atoms. The van der Waals surface area contributed by atoms with Gasteiger partial charge >= 0.3 is 0 Å². The van der Waals surface area contributed by atoms with Gasteiger partial charge in [0, 0.05) is 19.0 Å². The Hall–Kier alpha value is -0.650. The Bertz CT molecular complexity index is 230. The minimum Gasteiger partial charge on any atom is -0.395 e. The van der Waals surface area contributed by atoms with Gasteiger partial charge in [0.25, 0.3) is 0 Å². The van der Waals surface area contributed by atoms with Crippen molar-refractivity contribution >= 4 is 5.91 Å². The van der Waals surface area contributed by atoms with E-state index in [0.29, 0.717) is 19.6 Å². The highest BCUT2D eigenvalue weighted by Crippen LogP contribution is 2.30. The van der Waals surface area contributed by atoms with Crippen LogP contribution in [0.4, 0.5) is 0 Å². The van der Waals surface area contributed by atoms with E-state index in [1.165, 1.54) is 0 Å². The molecule has 0 spiro atoms. The molecule has 1 aliphatic carbocycles. The highest BCUT2D eigenvalue weighted by atomic mass is 16.3. The lowest BCUT2D eigenvalue weighted by Gasteiger charge is -2.33. The van der Waals surface area contributed by atoms with Crippen LogP contribution in [-0.4, -0.2) is 53.9 Å². The molecule has 0 radical (unpaired) electrons. The zero-order valence-electron chi connectivity index (χ0n) is 10.3. The predicted octanol–water partition coefficient (Wildman–Crippen LogP) is -0.435. The van der Waals surface area contributed by atoms with Crippen molar-refractivity contribution in [3.8, 4) is 0 Å². The molecule has 17 heavy (non-hydrogen) atoms. The molecule has 2 atom stereocenters. The summed E-state index contributed by atoms with van der Waals surface area (Å²) >= 11 is 0. The van der Waals surface area contributed by atoms with Crippen molar-refractivity contribution in [1.29, 1.82) is 0 Å². The number of hydrogen-bond donors (Lipinski definition) is 3. The zero-order valence-corrected chi connectivity index (χ0v) is 10.3. The van der Waals surface area contributed by atoms with E-state index in [1.807, 2.05) is 0 Å². The van der Waals surface area contributed by atoms with Crippen molar-refractivity contribution in [2.75, 3.05) is 32.8 Å². The number of aliphatic hydroxyl groups is 2. The minimum atomic E-state index is -0.0637. The van der Waals surface area contributed by atoms with Gasteiger partial charge in [-0.2, -0.15) is 0 Å². The second kappa shape index (κ2) is 7.63. The van der Waals surface area contributed by atoms with Gasteiger partial charge < -0.3 is 20.8 Å². The highest BCUT2D eigenvalue weighted by molar-refractivity contribution is 5.79. The first-order valence-electron chi connectivity index (χ1n) is 6.45. The topological polar surface area (TPSA) is 86.8 Å². The molecule has 1 rings (SSSR count). The third-order valence-corrected chi connectivity index (χ3v) is 3.58. The summed E-state index contributed by atoms with van der Waals surface area (Å²) in [7, 11) is 0. The van der Waals surface area contributed by atoms with E-state index in [2.05, 4.69) is 0 Å². The van der Waals surface area contributed by atoms with Crippen molar-refractivity contribution in [2.24, 2.45) is 17.6 Å². The standard InChI is InChI=1S/C12H24N2O3/c13-9-10-3-1-2-4-11(10)12(17)14(5-7-15)6-8-16/h10-11,15-16H,1-9,13H2. The maximum absolute atomic E-state index is 12.3. The maximum Gasteiger partial charge on any atom is 0.226 e. The molecule has 0 heterocycles. The van der Waals surface area contributed by atoms with Gasteiger partial charge in [-0.05, 0) is 25.3 Å². The zero-order chi connectivity index (χ0) is 12.7. The second-order valence-electron chi connectivity index (χ2n) is 4.66. The highest BCUT2D eigenvalue weighted by Gasteiger charge is 2.32. The number of nitrogens with two attached hydrogens (primary N) is 1. The Morgan fingerprint density at radius 1 is 1.18 bits per heavy atom. The van der Waals surface area contributed by atoms with Crippen molar-refractivity contribution < 1.29 is 15.0 Å². The van der Waals surface area contributed by atoms with Gasteiger partial charge in [-0.25, -0.2) is 0 Å². The average Bonchev–Trinajstić information content (AvgIpc) is 2.37. The van der Waals surface area contributed by atoms with Gasteiger partial charge in [0.1, 0.15) is 0 Å². The molecule has 5 nitrogen and oxygen atoms in total. The summed E-state index contributed by atoms with van der Waals surface area (Å²) in [5, 5.41) is 17.9. The number of amides is 1. The van der Waals surface area contributed by atoms with Crippen LogP contribution in [0.1, 0.15) is 25.7 Å². The Balaban J connectivity index is 2.62. The predicted molar refractivity (Wildman–Crippen MR) is 65.3 cm³/mol.